The van der Waals surface area contributed by atoms with Crippen LogP contribution in [-0.4, -0.2) is 56.0 Å². The first-order chi connectivity index (χ1) is 11.4. The molecule has 1 aromatic carbocycles. The quantitative estimate of drug-likeness (QED) is 0.748. The smallest absolute Gasteiger partial charge is 0.161 e. The topological polar surface area (TPSA) is 54.0 Å². The predicted octanol–water partition coefficient (Wildman–Crippen LogP) is 2.27. The lowest BCUT2D eigenvalue weighted by Crippen LogP contribution is -2.54. The van der Waals surface area contributed by atoms with Crippen molar-refractivity contribution in [1.82, 2.24) is 10.2 Å². The Morgan fingerprint density at radius 1 is 1.25 bits per heavy atom. The van der Waals surface area contributed by atoms with Gasteiger partial charge in [0.2, 0.25) is 0 Å². The van der Waals surface area contributed by atoms with E-state index in [-0.39, 0.29) is 0 Å². The first-order valence-electron chi connectivity index (χ1n) is 8.74. The average Bonchev–Trinajstić information content (AvgIpc) is 2.57. The molecular weight excluding hydrogens is 304 g/mol. The largest absolute Gasteiger partial charge is 0.493 e. The molecule has 1 fully saturated rings. The molecule has 1 aromatic rings. The normalized spacial score (nSPS) is 27.9. The van der Waals surface area contributed by atoms with Gasteiger partial charge in [0.25, 0.3) is 0 Å². The maximum atomic E-state index is 11.0. The molecule has 0 aliphatic carbocycles. The van der Waals surface area contributed by atoms with E-state index in [4.69, 9.17) is 9.47 Å². The van der Waals surface area contributed by atoms with Crippen LogP contribution in [0.1, 0.15) is 32.3 Å². The van der Waals surface area contributed by atoms with Crippen molar-refractivity contribution in [3.63, 3.8) is 0 Å². The third-order valence-electron chi connectivity index (χ3n) is 5.39. The van der Waals surface area contributed by atoms with Gasteiger partial charge in [0.1, 0.15) is 0 Å². The van der Waals surface area contributed by atoms with Gasteiger partial charge >= 0.3 is 0 Å². The van der Waals surface area contributed by atoms with E-state index in [9.17, 15) is 5.11 Å². The molecule has 2 rings (SSSR count). The van der Waals surface area contributed by atoms with Gasteiger partial charge in [0.05, 0.1) is 19.8 Å². The zero-order valence-corrected chi connectivity index (χ0v) is 15.6. The van der Waals surface area contributed by atoms with E-state index in [1.807, 2.05) is 18.2 Å². The summed E-state index contributed by atoms with van der Waals surface area (Å²) >= 11 is 0. The van der Waals surface area contributed by atoms with Gasteiger partial charge < -0.3 is 24.8 Å². The fraction of sp³-hybridized carbons (Fsp3) is 0.684. The van der Waals surface area contributed by atoms with Gasteiger partial charge in [-0.1, -0.05) is 13.0 Å². The minimum Gasteiger partial charge on any atom is -0.493 e. The Morgan fingerprint density at radius 2 is 1.96 bits per heavy atom. The molecule has 5 heteroatoms. The van der Waals surface area contributed by atoms with Crippen LogP contribution in [0.4, 0.5) is 0 Å². The Kier molecular flexibility index (Phi) is 6.49. The van der Waals surface area contributed by atoms with Crippen molar-refractivity contribution in [2.45, 2.75) is 44.9 Å². The van der Waals surface area contributed by atoms with Crippen molar-refractivity contribution >= 4 is 0 Å². The predicted molar refractivity (Wildman–Crippen MR) is 96.7 cm³/mol. The summed E-state index contributed by atoms with van der Waals surface area (Å²) in [5.74, 6) is 1.78. The van der Waals surface area contributed by atoms with E-state index in [0.717, 1.165) is 49.5 Å². The van der Waals surface area contributed by atoms with Gasteiger partial charge in [-0.2, -0.15) is 0 Å². The molecule has 0 radical (unpaired) electrons. The van der Waals surface area contributed by atoms with Gasteiger partial charge in [-0.15, -0.1) is 0 Å². The van der Waals surface area contributed by atoms with Gasteiger partial charge in [0, 0.05) is 19.1 Å². The van der Waals surface area contributed by atoms with E-state index < -0.39 is 5.60 Å². The number of ether oxygens (including phenoxy) is 2. The van der Waals surface area contributed by atoms with Crippen LogP contribution in [0.3, 0.4) is 0 Å². The summed E-state index contributed by atoms with van der Waals surface area (Å²) in [7, 11) is 5.42. The Morgan fingerprint density at radius 3 is 2.62 bits per heavy atom. The van der Waals surface area contributed by atoms with Crippen LogP contribution < -0.4 is 14.8 Å². The molecule has 0 unspecified atom stereocenters. The highest BCUT2D eigenvalue weighted by Gasteiger charge is 2.40. The number of hydrogen-bond donors (Lipinski definition) is 2. The Balaban J connectivity index is 1.84. The highest BCUT2D eigenvalue weighted by atomic mass is 16.5. The van der Waals surface area contributed by atoms with Crippen molar-refractivity contribution in [3.8, 4) is 11.5 Å². The van der Waals surface area contributed by atoms with Crippen LogP contribution in [0.5, 0.6) is 11.5 Å². The second kappa shape index (κ2) is 8.19. The van der Waals surface area contributed by atoms with Crippen LogP contribution in [0.2, 0.25) is 0 Å². The molecule has 0 aromatic heterocycles. The van der Waals surface area contributed by atoms with Gasteiger partial charge in [0.15, 0.2) is 11.5 Å². The molecule has 5 nitrogen and oxygen atoms in total. The van der Waals surface area contributed by atoms with E-state index in [1.54, 1.807) is 14.2 Å². The van der Waals surface area contributed by atoms with E-state index >= 15 is 0 Å². The van der Waals surface area contributed by atoms with E-state index in [1.165, 1.54) is 0 Å². The molecule has 1 aliphatic heterocycles. The SMILES string of the molecule is COc1ccc(CNCC[C@]2(O)C[C@@H](C)N(C)C[C@H]2C)cc1OC. The van der Waals surface area contributed by atoms with Gasteiger partial charge in [-0.25, -0.2) is 0 Å². The van der Waals surface area contributed by atoms with Gasteiger partial charge in [-0.3, -0.25) is 0 Å². The number of piperidine rings is 1. The molecule has 24 heavy (non-hydrogen) atoms. The summed E-state index contributed by atoms with van der Waals surface area (Å²) < 4.78 is 10.6. The number of aliphatic hydroxyl groups is 1. The Bertz CT molecular complexity index is 537. The highest BCUT2D eigenvalue weighted by molar-refractivity contribution is 5.42. The summed E-state index contributed by atoms with van der Waals surface area (Å²) in [6, 6.07) is 6.37. The maximum Gasteiger partial charge on any atom is 0.161 e. The summed E-state index contributed by atoms with van der Waals surface area (Å²) in [5.41, 5.74) is 0.570. The van der Waals surface area contributed by atoms with Crippen molar-refractivity contribution in [2.75, 3.05) is 34.4 Å². The summed E-state index contributed by atoms with van der Waals surface area (Å²) in [6.07, 6.45) is 1.61. The average molecular weight is 336 g/mol. The highest BCUT2D eigenvalue weighted by Crippen LogP contribution is 2.33. The number of likely N-dealkylation sites (tertiary alicyclic amines) is 1. The number of methoxy groups -OCH3 is 2. The monoisotopic (exact) mass is 336 g/mol. The minimum atomic E-state index is -0.573. The third kappa shape index (κ3) is 4.41. The van der Waals surface area contributed by atoms with Crippen molar-refractivity contribution in [3.05, 3.63) is 23.8 Å². The zero-order chi connectivity index (χ0) is 17.7. The summed E-state index contributed by atoms with van der Waals surface area (Å²) in [6.45, 7) is 6.84. The van der Waals surface area contributed by atoms with Crippen molar-refractivity contribution in [1.29, 1.82) is 0 Å². The summed E-state index contributed by atoms with van der Waals surface area (Å²) in [5, 5.41) is 14.4. The Labute approximate surface area is 146 Å². The number of rotatable bonds is 7. The molecule has 136 valence electrons. The number of nitrogens with zero attached hydrogens (tertiary/aromatic N) is 1. The van der Waals surface area contributed by atoms with Crippen LogP contribution in [0, 0.1) is 5.92 Å². The minimum absolute atomic E-state index is 0.293. The third-order valence-corrected chi connectivity index (χ3v) is 5.39. The fourth-order valence-electron chi connectivity index (χ4n) is 3.53. The number of hydrogen-bond acceptors (Lipinski definition) is 5. The molecule has 0 bridgehead atoms. The van der Waals surface area contributed by atoms with Crippen molar-refractivity contribution < 1.29 is 14.6 Å². The number of benzene rings is 1. The molecule has 2 N–H and O–H groups in total. The first-order valence-corrected chi connectivity index (χ1v) is 8.74. The second-order valence-corrected chi connectivity index (χ2v) is 7.11. The fourth-order valence-corrected chi connectivity index (χ4v) is 3.53. The maximum absolute atomic E-state index is 11.0. The van der Waals surface area contributed by atoms with E-state index in [0.29, 0.717) is 12.0 Å². The Hall–Kier alpha value is -1.30. The molecule has 1 aliphatic rings. The lowest BCUT2D eigenvalue weighted by Gasteiger charge is -2.46. The molecule has 0 saturated carbocycles. The van der Waals surface area contributed by atoms with Crippen molar-refractivity contribution in [2.24, 2.45) is 5.92 Å². The van der Waals surface area contributed by atoms with Crippen LogP contribution >= 0.6 is 0 Å². The number of nitrogens with one attached hydrogen (secondary N) is 1. The molecule has 3 atom stereocenters. The second-order valence-electron chi connectivity index (χ2n) is 7.11. The standard InChI is InChI=1S/C19H32N2O3/c1-14-13-21(3)15(2)11-19(14,22)8-9-20-12-16-6-7-17(23-4)18(10-16)24-5/h6-7,10,14-15,20,22H,8-9,11-13H2,1-5H3/t14-,15-,19+/m1/s1. The van der Waals surface area contributed by atoms with Crippen LogP contribution in [0.15, 0.2) is 18.2 Å². The molecular formula is C19H32N2O3. The molecule has 0 amide bonds. The van der Waals surface area contributed by atoms with Gasteiger partial charge in [-0.05, 0) is 57.0 Å². The van der Waals surface area contributed by atoms with E-state index in [2.05, 4.69) is 31.1 Å². The van der Waals surface area contributed by atoms with Crippen LogP contribution in [-0.2, 0) is 6.54 Å². The molecule has 1 saturated heterocycles. The first kappa shape index (κ1) is 19.0. The lowest BCUT2D eigenvalue weighted by atomic mass is 9.77. The summed E-state index contributed by atoms with van der Waals surface area (Å²) in [4.78, 5) is 2.33. The molecule has 0 spiro atoms. The lowest BCUT2D eigenvalue weighted by molar-refractivity contribution is -0.0831. The van der Waals surface area contributed by atoms with Crippen LogP contribution in [0.25, 0.3) is 0 Å². The zero-order valence-electron chi connectivity index (χ0n) is 15.6. The molecule has 1 heterocycles.